The number of rotatable bonds is 41. The molecule has 2 unspecified atom stereocenters. The van der Waals surface area contributed by atoms with Crippen LogP contribution in [0.3, 0.4) is 0 Å². The number of amides is 1. The summed E-state index contributed by atoms with van der Waals surface area (Å²) < 4.78 is 0. The lowest BCUT2D eigenvalue weighted by atomic mass is 10.0. The van der Waals surface area contributed by atoms with E-state index in [9.17, 15) is 15.0 Å². The lowest BCUT2D eigenvalue weighted by Gasteiger charge is -2.19. The average Bonchev–Trinajstić information content (AvgIpc) is 3.23. The first-order valence-corrected chi connectivity index (χ1v) is 23.7. The van der Waals surface area contributed by atoms with Crippen molar-refractivity contribution in [2.24, 2.45) is 0 Å². The van der Waals surface area contributed by atoms with Crippen LogP contribution < -0.4 is 5.32 Å². The maximum Gasteiger partial charge on any atom is 0.220 e. The molecule has 0 heterocycles. The zero-order valence-electron chi connectivity index (χ0n) is 37.5. The van der Waals surface area contributed by atoms with Gasteiger partial charge in [-0.3, -0.25) is 4.79 Å². The van der Waals surface area contributed by atoms with Crippen molar-refractivity contribution in [3.8, 4) is 0 Å². The minimum Gasteiger partial charge on any atom is -0.394 e. The minimum atomic E-state index is -0.872. The number of allylic oxidation sites excluding steroid dienone is 19. The van der Waals surface area contributed by atoms with E-state index < -0.39 is 12.1 Å². The summed E-state index contributed by atoms with van der Waals surface area (Å²) in [6.45, 7) is 4.16. The summed E-state index contributed by atoms with van der Waals surface area (Å²) >= 11 is 0. The molecule has 0 aromatic carbocycles. The number of nitrogens with one attached hydrogen (secondary N) is 1. The van der Waals surface area contributed by atoms with E-state index in [1.165, 1.54) is 89.9 Å². The molecule has 0 spiro atoms. The molecular weight excluding hydrogens is 711 g/mol. The third-order valence-electron chi connectivity index (χ3n) is 9.95. The zero-order chi connectivity index (χ0) is 42.1. The molecular formula is C54H89NO3. The van der Waals surface area contributed by atoms with Crippen LogP contribution in [0.4, 0.5) is 0 Å². The van der Waals surface area contributed by atoms with Crippen molar-refractivity contribution in [3.05, 3.63) is 122 Å². The molecule has 0 saturated heterocycles. The molecule has 58 heavy (non-hydrogen) atoms. The number of hydrogen-bond donors (Lipinski definition) is 3. The van der Waals surface area contributed by atoms with Crippen LogP contribution >= 0.6 is 0 Å². The van der Waals surface area contributed by atoms with Crippen molar-refractivity contribution in [2.75, 3.05) is 6.61 Å². The van der Waals surface area contributed by atoms with Crippen LogP contribution in [0.15, 0.2) is 122 Å². The maximum absolute atomic E-state index is 12.4. The van der Waals surface area contributed by atoms with Gasteiger partial charge in [-0.2, -0.15) is 0 Å². The van der Waals surface area contributed by atoms with Gasteiger partial charge in [0.25, 0.3) is 0 Å². The number of aliphatic hydroxyl groups is 2. The Morgan fingerprint density at radius 3 is 1.12 bits per heavy atom. The van der Waals surface area contributed by atoms with Gasteiger partial charge in [0, 0.05) is 6.42 Å². The van der Waals surface area contributed by atoms with E-state index in [4.69, 9.17) is 0 Å². The summed E-state index contributed by atoms with van der Waals surface area (Å²) in [4.78, 5) is 12.4. The normalized spacial score (nSPS) is 14.1. The first-order chi connectivity index (χ1) is 28.7. The van der Waals surface area contributed by atoms with Crippen LogP contribution in [0.2, 0.25) is 0 Å². The van der Waals surface area contributed by atoms with Crippen molar-refractivity contribution in [1.82, 2.24) is 5.32 Å². The third-order valence-corrected chi connectivity index (χ3v) is 9.95. The highest BCUT2D eigenvalue weighted by molar-refractivity contribution is 5.76. The summed E-state index contributed by atoms with van der Waals surface area (Å²) in [5, 5.41) is 23.0. The molecule has 0 saturated carbocycles. The van der Waals surface area contributed by atoms with Crippen molar-refractivity contribution in [2.45, 2.75) is 206 Å². The maximum atomic E-state index is 12.4. The molecule has 4 nitrogen and oxygen atoms in total. The monoisotopic (exact) mass is 800 g/mol. The summed E-state index contributed by atoms with van der Waals surface area (Å²) in [6, 6.07) is -0.662. The Bertz CT molecular complexity index is 1180. The second-order valence-electron chi connectivity index (χ2n) is 15.4. The Kier molecular flexibility index (Phi) is 45.5. The molecule has 4 heteroatoms. The molecule has 0 aromatic heterocycles. The van der Waals surface area contributed by atoms with Crippen LogP contribution in [-0.4, -0.2) is 34.9 Å². The van der Waals surface area contributed by atoms with Crippen LogP contribution in [0.5, 0.6) is 0 Å². The van der Waals surface area contributed by atoms with Crippen LogP contribution in [0, 0.1) is 0 Å². The fraction of sp³-hybridized carbons (Fsp3) is 0.611. The molecule has 0 radical (unpaired) electrons. The highest BCUT2D eigenvalue weighted by Gasteiger charge is 2.17. The van der Waals surface area contributed by atoms with Gasteiger partial charge in [-0.15, -0.1) is 0 Å². The van der Waals surface area contributed by atoms with Crippen LogP contribution in [0.1, 0.15) is 194 Å². The van der Waals surface area contributed by atoms with Gasteiger partial charge >= 0.3 is 0 Å². The van der Waals surface area contributed by atoms with E-state index in [2.05, 4.69) is 129 Å². The van der Waals surface area contributed by atoms with E-state index in [0.717, 1.165) is 83.5 Å². The van der Waals surface area contributed by atoms with Gasteiger partial charge in [0.2, 0.25) is 5.91 Å². The number of hydrogen-bond acceptors (Lipinski definition) is 3. The lowest BCUT2D eigenvalue weighted by Crippen LogP contribution is -2.45. The Labute approximate surface area is 358 Å². The van der Waals surface area contributed by atoms with Gasteiger partial charge in [-0.25, -0.2) is 0 Å². The van der Waals surface area contributed by atoms with Gasteiger partial charge in [0.05, 0.1) is 18.8 Å². The smallest absolute Gasteiger partial charge is 0.220 e. The largest absolute Gasteiger partial charge is 0.394 e. The van der Waals surface area contributed by atoms with E-state index in [1.807, 2.05) is 6.08 Å². The van der Waals surface area contributed by atoms with Crippen LogP contribution in [-0.2, 0) is 4.79 Å². The van der Waals surface area contributed by atoms with Crippen molar-refractivity contribution in [1.29, 1.82) is 0 Å². The highest BCUT2D eigenvalue weighted by atomic mass is 16.3. The Balaban J connectivity index is 3.77. The van der Waals surface area contributed by atoms with Gasteiger partial charge in [-0.05, 0) is 83.5 Å². The molecule has 0 fully saturated rings. The quantitative estimate of drug-likeness (QED) is 0.0426. The molecule has 1 amide bonds. The lowest BCUT2D eigenvalue weighted by molar-refractivity contribution is -0.122. The summed E-state index contributed by atoms with van der Waals surface area (Å²) in [6.07, 6.45) is 74.6. The number of carbonyl (C=O) groups excluding carboxylic acids is 1. The second-order valence-corrected chi connectivity index (χ2v) is 15.4. The van der Waals surface area contributed by atoms with E-state index in [1.54, 1.807) is 6.08 Å². The molecule has 0 aromatic rings. The predicted octanol–water partition coefficient (Wildman–Crippen LogP) is 15.3. The van der Waals surface area contributed by atoms with Crippen molar-refractivity contribution < 1.29 is 15.0 Å². The zero-order valence-corrected chi connectivity index (χ0v) is 37.5. The van der Waals surface area contributed by atoms with Crippen molar-refractivity contribution >= 4 is 5.91 Å². The number of aliphatic hydroxyl groups excluding tert-OH is 2. The summed E-state index contributed by atoms with van der Waals surface area (Å²) in [7, 11) is 0. The van der Waals surface area contributed by atoms with Gasteiger partial charge in [0.1, 0.15) is 0 Å². The SMILES string of the molecule is CC/C=C\C/C=C\C/C=C\C/C=C\C/C=C\C/C=C\C/C=C\C/C=C\C/C=C\CCCC(=O)NC(CO)C(O)/C=C/CCCCCCCCCCCCCCCCC. The molecule has 0 bridgehead atoms. The van der Waals surface area contributed by atoms with E-state index in [-0.39, 0.29) is 12.5 Å². The molecule has 0 aliphatic heterocycles. The van der Waals surface area contributed by atoms with Gasteiger partial charge < -0.3 is 15.5 Å². The first-order valence-electron chi connectivity index (χ1n) is 23.7. The Morgan fingerprint density at radius 1 is 0.431 bits per heavy atom. The van der Waals surface area contributed by atoms with E-state index in [0.29, 0.717) is 6.42 Å². The standard InChI is InChI=1S/C54H89NO3/c1-3-5-7-9-11-13-15-17-19-21-22-23-24-25-26-27-28-29-30-31-32-34-36-38-40-42-44-46-48-50-54(58)55-52(51-56)53(57)49-47-45-43-41-39-37-35-33-20-18-16-14-12-10-8-6-4-2/h5,7,11,13,17,19,22-23,25-26,28-29,31-32,36,38,42,44,47,49,52-53,56-57H,3-4,6,8-10,12,14-16,18,20-21,24,27,30,33-35,37,39-41,43,45-46,48,50-51H2,1-2H3,(H,55,58)/b7-5-,13-11-,19-17-,23-22-,26-25-,29-28-,32-31-,38-36-,44-42-,49-47+. The summed E-state index contributed by atoms with van der Waals surface area (Å²) in [5.74, 6) is -0.127. The van der Waals surface area contributed by atoms with E-state index >= 15 is 0 Å². The third kappa shape index (κ3) is 43.9. The molecule has 3 N–H and O–H groups in total. The van der Waals surface area contributed by atoms with Crippen LogP contribution in [0.25, 0.3) is 0 Å². The van der Waals surface area contributed by atoms with Crippen molar-refractivity contribution in [3.63, 3.8) is 0 Å². The highest BCUT2D eigenvalue weighted by Crippen LogP contribution is 2.14. The molecule has 0 rings (SSSR count). The fourth-order valence-corrected chi connectivity index (χ4v) is 6.35. The fourth-order valence-electron chi connectivity index (χ4n) is 6.35. The second kappa shape index (κ2) is 48.2. The number of carbonyl (C=O) groups is 1. The Morgan fingerprint density at radius 2 is 0.759 bits per heavy atom. The number of unbranched alkanes of at least 4 members (excludes halogenated alkanes) is 16. The Hall–Kier alpha value is -3.21. The minimum absolute atomic E-state index is 0.127. The predicted molar refractivity (Wildman–Crippen MR) is 257 cm³/mol. The van der Waals surface area contributed by atoms with Gasteiger partial charge in [0.15, 0.2) is 0 Å². The molecule has 0 aliphatic carbocycles. The molecule has 2 atom stereocenters. The summed E-state index contributed by atoms with van der Waals surface area (Å²) in [5.41, 5.74) is 0. The topological polar surface area (TPSA) is 69.6 Å². The van der Waals surface area contributed by atoms with Gasteiger partial charge in [-0.1, -0.05) is 225 Å². The molecule has 328 valence electrons. The molecule has 0 aliphatic rings. The average molecular weight is 800 g/mol. The first kappa shape index (κ1) is 54.8.